The van der Waals surface area contributed by atoms with E-state index in [4.69, 9.17) is 0 Å². The Balaban J connectivity index is 1.32. The van der Waals surface area contributed by atoms with E-state index in [1.54, 1.807) is 6.92 Å². The van der Waals surface area contributed by atoms with E-state index in [1.165, 1.54) is 16.4 Å². The van der Waals surface area contributed by atoms with Crippen molar-refractivity contribution in [3.8, 4) is 11.3 Å². The molecule has 10 heteroatoms. The molecule has 1 fully saturated rings. The Morgan fingerprint density at radius 1 is 0.886 bits per heavy atom. The maximum Gasteiger partial charge on any atom is 0.270 e. The van der Waals surface area contributed by atoms with Crippen molar-refractivity contribution >= 4 is 32.3 Å². The number of piperazine rings is 1. The molecule has 0 radical (unpaired) electrons. The first-order chi connectivity index (χ1) is 16.8. The Hall–Kier alpha value is -3.89. The fourth-order valence-corrected chi connectivity index (χ4v) is 6.03. The van der Waals surface area contributed by atoms with Gasteiger partial charge in [0.1, 0.15) is 0 Å². The lowest BCUT2D eigenvalue weighted by atomic mass is 10.0. The molecule has 0 unspecified atom stereocenters. The van der Waals surface area contributed by atoms with Gasteiger partial charge in [-0.15, -0.1) is 10.2 Å². The summed E-state index contributed by atoms with van der Waals surface area (Å²) in [6, 6.07) is 21.9. The van der Waals surface area contributed by atoms with Crippen molar-refractivity contribution in [3.63, 3.8) is 0 Å². The summed E-state index contributed by atoms with van der Waals surface area (Å²) >= 11 is 0. The number of anilines is 1. The van der Waals surface area contributed by atoms with Crippen LogP contribution in [0.2, 0.25) is 0 Å². The van der Waals surface area contributed by atoms with E-state index in [2.05, 4.69) is 28.4 Å². The minimum absolute atomic E-state index is 0.0283. The average molecular weight is 490 g/mol. The summed E-state index contributed by atoms with van der Waals surface area (Å²) in [6.45, 7) is 3.01. The summed E-state index contributed by atoms with van der Waals surface area (Å²) < 4.78 is 27.8. The maximum absolute atomic E-state index is 13.2. The SMILES string of the molecule is Cc1ccc([N+](=O)[O-])cc1S(=O)(=O)N1CCN(c2ccc(-c3cccc4ccccc34)nn2)CC1. The highest BCUT2D eigenvalue weighted by Gasteiger charge is 2.31. The normalized spacial score (nSPS) is 14.8. The Bertz CT molecular complexity index is 1510. The summed E-state index contributed by atoms with van der Waals surface area (Å²) in [5.74, 6) is 0.678. The Labute approximate surface area is 202 Å². The first kappa shape index (κ1) is 22.9. The largest absolute Gasteiger partial charge is 0.352 e. The average Bonchev–Trinajstić information content (AvgIpc) is 2.88. The van der Waals surface area contributed by atoms with Gasteiger partial charge in [-0.25, -0.2) is 8.42 Å². The smallest absolute Gasteiger partial charge is 0.270 e. The first-order valence-corrected chi connectivity index (χ1v) is 12.6. The number of benzene rings is 3. The van der Waals surface area contributed by atoms with Gasteiger partial charge >= 0.3 is 0 Å². The molecule has 2 heterocycles. The van der Waals surface area contributed by atoms with Gasteiger partial charge in [0.15, 0.2) is 5.82 Å². The molecule has 35 heavy (non-hydrogen) atoms. The maximum atomic E-state index is 13.2. The van der Waals surface area contributed by atoms with E-state index in [-0.39, 0.29) is 23.7 Å². The minimum atomic E-state index is -3.85. The number of nitrogens with zero attached hydrogens (tertiary/aromatic N) is 5. The molecule has 0 spiro atoms. The molecule has 5 rings (SSSR count). The van der Waals surface area contributed by atoms with Crippen molar-refractivity contribution in [1.29, 1.82) is 0 Å². The molecular weight excluding hydrogens is 466 g/mol. The van der Waals surface area contributed by atoms with Crippen molar-refractivity contribution < 1.29 is 13.3 Å². The van der Waals surface area contributed by atoms with E-state index in [9.17, 15) is 18.5 Å². The molecule has 0 aliphatic carbocycles. The molecule has 0 amide bonds. The number of nitro benzene ring substituents is 1. The molecule has 3 aromatic carbocycles. The van der Waals surface area contributed by atoms with Crippen LogP contribution in [0.15, 0.2) is 77.7 Å². The van der Waals surface area contributed by atoms with Gasteiger partial charge in [0, 0.05) is 43.9 Å². The van der Waals surface area contributed by atoms with Crippen LogP contribution >= 0.6 is 0 Å². The van der Waals surface area contributed by atoms with Crippen LogP contribution in [0.3, 0.4) is 0 Å². The highest BCUT2D eigenvalue weighted by Crippen LogP contribution is 2.29. The minimum Gasteiger partial charge on any atom is -0.352 e. The van der Waals surface area contributed by atoms with Gasteiger partial charge in [-0.05, 0) is 35.4 Å². The quantitative estimate of drug-likeness (QED) is 0.308. The zero-order valence-electron chi connectivity index (χ0n) is 19.0. The van der Waals surface area contributed by atoms with Crippen molar-refractivity contribution in [2.75, 3.05) is 31.1 Å². The number of hydrogen-bond donors (Lipinski definition) is 0. The van der Waals surface area contributed by atoms with Crippen LogP contribution in [0.1, 0.15) is 5.56 Å². The number of nitro groups is 1. The van der Waals surface area contributed by atoms with Crippen molar-refractivity contribution in [3.05, 3.63) is 88.5 Å². The second-order valence-electron chi connectivity index (χ2n) is 8.40. The molecule has 0 saturated carbocycles. The van der Waals surface area contributed by atoms with Crippen molar-refractivity contribution in [2.24, 2.45) is 0 Å². The zero-order chi connectivity index (χ0) is 24.6. The van der Waals surface area contributed by atoms with E-state index in [1.807, 2.05) is 41.3 Å². The zero-order valence-corrected chi connectivity index (χ0v) is 19.9. The molecule has 0 N–H and O–H groups in total. The van der Waals surface area contributed by atoms with Crippen molar-refractivity contribution in [2.45, 2.75) is 11.8 Å². The van der Waals surface area contributed by atoms with Crippen molar-refractivity contribution in [1.82, 2.24) is 14.5 Å². The van der Waals surface area contributed by atoms with E-state index >= 15 is 0 Å². The number of aromatic nitrogens is 2. The highest BCUT2D eigenvalue weighted by molar-refractivity contribution is 7.89. The monoisotopic (exact) mass is 489 g/mol. The number of fused-ring (bicyclic) bond motifs is 1. The fraction of sp³-hybridized carbons (Fsp3) is 0.200. The van der Waals surface area contributed by atoms with E-state index in [0.717, 1.165) is 28.1 Å². The number of aryl methyl sites for hydroxylation is 1. The number of sulfonamides is 1. The third kappa shape index (κ3) is 4.33. The van der Waals surface area contributed by atoms with Crippen LogP contribution in [-0.4, -0.2) is 54.0 Å². The van der Waals surface area contributed by atoms with Gasteiger partial charge in [-0.1, -0.05) is 48.5 Å². The molecule has 1 aliphatic heterocycles. The lowest BCUT2D eigenvalue weighted by Gasteiger charge is -2.34. The second-order valence-corrected chi connectivity index (χ2v) is 10.3. The fourth-order valence-electron chi connectivity index (χ4n) is 4.36. The summed E-state index contributed by atoms with van der Waals surface area (Å²) in [4.78, 5) is 12.5. The molecular formula is C25H23N5O4S. The molecule has 1 saturated heterocycles. The molecule has 1 aromatic heterocycles. The number of hydrogen-bond acceptors (Lipinski definition) is 7. The van der Waals surface area contributed by atoms with Crippen LogP contribution in [0.25, 0.3) is 22.0 Å². The van der Waals surface area contributed by atoms with Gasteiger partial charge in [0.25, 0.3) is 5.69 Å². The van der Waals surface area contributed by atoms with Crippen LogP contribution < -0.4 is 4.90 Å². The second kappa shape index (κ2) is 9.05. The van der Waals surface area contributed by atoms with Gasteiger partial charge in [-0.3, -0.25) is 10.1 Å². The highest BCUT2D eigenvalue weighted by atomic mass is 32.2. The lowest BCUT2D eigenvalue weighted by molar-refractivity contribution is -0.385. The molecule has 9 nitrogen and oxygen atoms in total. The van der Waals surface area contributed by atoms with Gasteiger partial charge in [0.05, 0.1) is 15.5 Å². The Morgan fingerprint density at radius 2 is 1.63 bits per heavy atom. The number of rotatable bonds is 5. The predicted octanol–water partition coefficient (Wildman–Crippen LogP) is 4.02. The van der Waals surface area contributed by atoms with Crippen LogP contribution in [0.5, 0.6) is 0 Å². The summed E-state index contributed by atoms with van der Waals surface area (Å²) in [5.41, 5.74) is 2.01. The molecule has 1 aliphatic rings. The van der Waals surface area contributed by atoms with E-state index in [0.29, 0.717) is 24.5 Å². The van der Waals surface area contributed by atoms with Crippen LogP contribution in [0.4, 0.5) is 11.5 Å². The standard InChI is InChI=1S/C25H23N5O4S/c1-18-9-10-20(30(31)32)17-24(18)35(33,34)29-15-13-28(14-16-29)25-12-11-23(26-27-25)22-8-4-6-19-5-2-3-7-21(19)22/h2-12,17H,13-16H2,1H3. The summed E-state index contributed by atoms with van der Waals surface area (Å²) in [6.07, 6.45) is 0. The van der Waals surface area contributed by atoms with E-state index < -0.39 is 14.9 Å². The Morgan fingerprint density at radius 3 is 2.34 bits per heavy atom. The van der Waals surface area contributed by atoms with Gasteiger partial charge in [-0.2, -0.15) is 4.31 Å². The first-order valence-electron chi connectivity index (χ1n) is 11.2. The summed E-state index contributed by atoms with van der Waals surface area (Å²) in [5, 5.41) is 22.2. The van der Waals surface area contributed by atoms with Crippen LogP contribution in [-0.2, 0) is 10.0 Å². The third-order valence-corrected chi connectivity index (χ3v) is 8.32. The topological polar surface area (TPSA) is 110 Å². The Kier molecular flexibility index (Phi) is 5.91. The predicted molar refractivity (Wildman–Crippen MR) is 134 cm³/mol. The lowest BCUT2D eigenvalue weighted by Crippen LogP contribution is -2.49. The molecule has 0 atom stereocenters. The molecule has 178 valence electrons. The molecule has 0 bridgehead atoms. The molecule has 4 aromatic rings. The van der Waals surface area contributed by atoms with Crippen LogP contribution in [0, 0.1) is 17.0 Å². The van der Waals surface area contributed by atoms with Gasteiger partial charge < -0.3 is 4.90 Å². The summed E-state index contributed by atoms with van der Waals surface area (Å²) in [7, 11) is -3.85. The number of non-ortho nitro benzene ring substituents is 1. The van der Waals surface area contributed by atoms with Gasteiger partial charge in [0.2, 0.25) is 10.0 Å². The third-order valence-electron chi connectivity index (χ3n) is 6.28.